The summed E-state index contributed by atoms with van der Waals surface area (Å²) in [4.78, 5) is 29.9. The molecule has 8 nitrogen and oxygen atoms in total. The van der Waals surface area contributed by atoms with Gasteiger partial charge in [0.2, 0.25) is 0 Å². The monoisotopic (exact) mass is 452 g/mol. The second kappa shape index (κ2) is 9.97. The molecule has 1 atom stereocenters. The SMILES string of the molecule is CNc1cc(-c2ccc(C(=O)NC(C)C(=O)OC)cc2)sc1C(N)=Nc1cccc(O)c1. The minimum Gasteiger partial charge on any atom is -0.508 e. The van der Waals surface area contributed by atoms with Crippen molar-refractivity contribution in [3.05, 3.63) is 65.0 Å². The molecule has 0 aliphatic carbocycles. The molecule has 0 spiro atoms. The first-order valence-corrected chi connectivity index (χ1v) is 10.6. The van der Waals surface area contributed by atoms with Gasteiger partial charge in [-0.1, -0.05) is 18.2 Å². The molecule has 0 aliphatic rings. The molecule has 0 saturated heterocycles. The quantitative estimate of drug-likeness (QED) is 0.247. The van der Waals surface area contributed by atoms with Crippen molar-refractivity contribution in [2.45, 2.75) is 13.0 Å². The van der Waals surface area contributed by atoms with E-state index in [1.165, 1.54) is 24.5 Å². The standard InChI is InChI=1S/C23H24N4O4S/c1-13(23(30)31-3)26-22(29)15-9-7-14(8-10-15)19-12-18(25-2)20(32-19)21(24)27-16-5-4-6-17(28)11-16/h4-13,25,28H,1-3H3,(H2,24,27)(H,26,29). The van der Waals surface area contributed by atoms with E-state index in [0.717, 1.165) is 21.0 Å². The number of nitrogens with two attached hydrogens (primary N) is 1. The molecule has 166 valence electrons. The van der Waals surface area contributed by atoms with Crippen LogP contribution < -0.4 is 16.4 Å². The molecule has 0 saturated carbocycles. The van der Waals surface area contributed by atoms with Gasteiger partial charge in [-0.25, -0.2) is 9.79 Å². The summed E-state index contributed by atoms with van der Waals surface area (Å²) in [6.07, 6.45) is 0. The number of nitrogens with zero attached hydrogens (tertiary/aromatic N) is 1. The van der Waals surface area contributed by atoms with Gasteiger partial charge < -0.3 is 26.2 Å². The van der Waals surface area contributed by atoms with Crippen molar-refractivity contribution in [1.82, 2.24) is 5.32 Å². The summed E-state index contributed by atoms with van der Waals surface area (Å²) in [6.45, 7) is 1.56. The number of aromatic hydroxyl groups is 1. The lowest BCUT2D eigenvalue weighted by molar-refractivity contribution is -0.142. The van der Waals surface area contributed by atoms with Gasteiger partial charge in [-0.3, -0.25) is 4.79 Å². The van der Waals surface area contributed by atoms with Crippen molar-refractivity contribution in [1.29, 1.82) is 0 Å². The summed E-state index contributed by atoms with van der Waals surface area (Å²) >= 11 is 1.46. The number of aliphatic imine (C=N–C) groups is 1. The number of carbonyl (C=O) groups is 2. The van der Waals surface area contributed by atoms with Gasteiger partial charge in [-0.2, -0.15) is 0 Å². The van der Waals surface area contributed by atoms with Crippen molar-refractivity contribution in [2.75, 3.05) is 19.5 Å². The van der Waals surface area contributed by atoms with Crippen LogP contribution in [-0.4, -0.2) is 43.0 Å². The molecule has 0 fully saturated rings. The molecule has 32 heavy (non-hydrogen) atoms. The highest BCUT2D eigenvalue weighted by molar-refractivity contribution is 7.18. The van der Waals surface area contributed by atoms with Gasteiger partial charge in [0, 0.05) is 23.6 Å². The maximum Gasteiger partial charge on any atom is 0.328 e. The Labute approximate surface area is 189 Å². The van der Waals surface area contributed by atoms with E-state index in [1.807, 2.05) is 18.2 Å². The Kier molecular flexibility index (Phi) is 7.11. The highest BCUT2D eigenvalue weighted by atomic mass is 32.1. The Hall–Kier alpha value is -3.85. The second-order valence-electron chi connectivity index (χ2n) is 6.92. The van der Waals surface area contributed by atoms with Crippen molar-refractivity contribution in [2.24, 2.45) is 10.7 Å². The van der Waals surface area contributed by atoms with Crippen LogP contribution in [0.4, 0.5) is 11.4 Å². The maximum atomic E-state index is 12.3. The number of carbonyl (C=O) groups excluding carboxylic acids is 2. The lowest BCUT2D eigenvalue weighted by Crippen LogP contribution is -2.39. The number of hydrogen-bond acceptors (Lipinski definition) is 7. The first-order valence-electron chi connectivity index (χ1n) is 9.76. The van der Waals surface area contributed by atoms with E-state index in [1.54, 1.807) is 44.3 Å². The summed E-state index contributed by atoms with van der Waals surface area (Å²) in [5.41, 5.74) is 8.94. The number of thiophene rings is 1. The smallest absolute Gasteiger partial charge is 0.328 e. The molecule has 1 amide bonds. The number of hydrogen-bond donors (Lipinski definition) is 4. The minimum atomic E-state index is -0.737. The summed E-state index contributed by atoms with van der Waals surface area (Å²) in [6, 6.07) is 14.8. The number of nitrogens with one attached hydrogen (secondary N) is 2. The Morgan fingerprint density at radius 3 is 2.50 bits per heavy atom. The summed E-state index contributed by atoms with van der Waals surface area (Å²) in [7, 11) is 3.07. The molecule has 0 aliphatic heterocycles. The molecule has 3 rings (SSSR count). The fraction of sp³-hybridized carbons (Fsp3) is 0.174. The minimum absolute atomic E-state index is 0.116. The number of esters is 1. The normalized spacial score (nSPS) is 12.2. The van der Waals surface area contributed by atoms with Crippen molar-refractivity contribution < 1.29 is 19.4 Å². The Morgan fingerprint density at radius 2 is 1.88 bits per heavy atom. The lowest BCUT2D eigenvalue weighted by atomic mass is 10.1. The summed E-state index contributed by atoms with van der Waals surface area (Å²) < 4.78 is 4.62. The molecular formula is C23H24N4O4S. The van der Waals surface area contributed by atoms with Crippen LogP contribution in [0.3, 0.4) is 0 Å². The van der Waals surface area contributed by atoms with Gasteiger partial charge in [-0.15, -0.1) is 11.3 Å². The number of anilines is 1. The Morgan fingerprint density at radius 1 is 1.16 bits per heavy atom. The van der Waals surface area contributed by atoms with Crippen molar-refractivity contribution >= 4 is 40.4 Å². The number of benzene rings is 2. The van der Waals surface area contributed by atoms with Gasteiger partial charge >= 0.3 is 5.97 Å². The number of amides is 1. The van der Waals surface area contributed by atoms with E-state index in [0.29, 0.717) is 17.1 Å². The Balaban J connectivity index is 1.82. The van der Waals surface area contributed by atoms with E-state index in [2.05, 4.69) is 20.4 Å². The molecule has 9 heteroatoms. The van der Waals surface area contributed by atoms with Crippen LogP contribution >= 0.6 is 11.3 Å². The van der Waals surface area contributed by atoms with Crippen LogP contribution in [0.2, 0.25) is 0 Å². The van der Waals surface area contributed by atoms with Crippen LogP contribution in [-0.2, 0) is 9.53 Å². The van der Waals surface area contributed by atoms with Crippen LogP contribution in [0.25, 0.3) is 10.4 Å². The zero-order valence-corrected chi connectivity index (χ0v) is 18.7. The molecule has 5 N–H and O–H groups in total. The number of phenols is 1. The van der Waals surface area contributed by atoms with Gasteiger partial charge in [0.25, 0.3) is 5.91 Å². The number of rotatable bonds is 7. The average molecular weight is 453 g/mol. The predicted molar refractivity (Wildman–Crippen MR) is 127 cm³/mol. The summed E-state index contributed by atoms with van der Waals surface area (Å²) in [5, 5.41) is 15.4. The summed E-state index contributed by atoms with van der Waals surface area (Å²) in [5.74, 6) is -0.431. The van der Waals surface area contributed by atoms with E-state index in [-0.39, 0.29) is 11.7 Å². The van der Waals surface area contributed by atoms with E-state index in [4.69, 9.17) is 5.73 Å². The molecule has 1 unspecified atom stereocenters. The van der Waals surface area contributed by atoms with Gasteiger partial charge in [0.15, 0.2) is 0 Å². The molecule has 0 bridgehead atoms. The fourth-order valence-electron chi connectivity index (χ4n) is 2.96. The predicted octanol–water partition coefficient (Wildman–Crippen LogP) is 3.49. The number of amidine groups is 1. The molecule has 1 heterocycles. The van der Waals surface area contributed by atoms with Crippen LogP contribution in [0.5, 0.6) is 5.75 Å². The van der Waals surface area contributed by atoms with E-state index >= 15 is 0 Å². The average Bonchev–Trinajstić information content (AvgIpc) is 3.23. The molecular weight excluding hydrogens is 428 g/mol. The first-order chi connectivity index (χ1) is 15.3. The molecule has 3 aromatic rings. The third-order valence-corrected chi connectivity index (χ3v) is 5.85. The number of methoxy groups -OCH3 is 1. The van der Waals surface area contributed by atoms with E-state index in [9.17, 15) is 14.7 Å². The topological polar surface area (TPSA) is 126 Å². The highest BCUT2D eigenvalue weighted by Gasteiger charge is 2.17. The molecule has 0 radical (unpaired) electrons. The third kappa shape index (κ3) is 5.25. The van der Waals surface area contributed by atoms with Crippen LogP contribution in [0.1, 0.15) is 22.2 Å². The largest absolute Gasteiger partial charge is 0.508 e. The van der Waals surface area contributed by atoms with Crippen LogP contribution in [0.15, 0.2) is 59.6 Å². The van der Waals surface area contributed by atoms with Crippen molar-refractivity contribution in [3.8, 4) is 16.2 Å². The zero-order chi connectivity index (χ0) is 23.3. The molecule has 1 aromatic heterocycles. The van der Waals surface area contributed by atoms with Crippen LogP contribution in [0, 0.1) is 0 Å². The van der Waals surface area contributed by atoms with Gasteiger partial charge in [0.1, 0.15) is 17.6 Å². The first kappa shape index (κ1) is 22.8. The molecule has 2 aromatic carbocycles. The maximum absolute atomic E-state index is 12.3. The lowest BCUT2D eigenvalue weighted by Gasteiger charge is -2.11. The van der Waals surface area contributed by atoms with E-state index < -0.39 is 12.0 Å². The number of phenolic OH excluding ortho intramolecular Hbond substituents is 1. The third-order valence-electron chi connectivity index (χ3n) is 4.65. The van der Waals surface area contributed by atoms with Gasteiger partial charge in [-0.05, 0) is 42.8 Å². The number of ether oxygens (including phenoxy) is 1. The Bertz CT molecular complexity index is 1160. The fourth-order valence-corrected chi connectivity index (χ4v) is 4.04. The van der Waals surface area contributed by atoms with Gasteiger partial charge in [0.05, 0.1) is 23.4 Å². The highest BCUT2D eigenvalue weighted by Crippen LogP contribution is 2.35. The van der Waals surface area contributed by atoms with Crippen molar-refractivity contribution in [3.63, 3.8) is 0 Å². The zero-order valence-electron chi connectivity index (χ0n) is 17.9. The second-order valence-corrected chi connectivity index (χ2v) is 7.97.